The summed E-state index contributed by atoms with van der Waals surface area (Å²) in [6, 6.07) is 8.91. The standard InChI is InChI=1S/C23H29F2N3O4S/c1-23(2,30)22(29)28-12-11-19(26-33(31,32)27(3)4)20(28)14-16-8-6-10-18(21(16)25)15-7-5-9-17(24)13-15/h5-10,13,19-20,26,30H,11-12,14H2,1-4H3/t19-,20-/m0/s1. The van der Waals surface area contributed by atoms with Crippen molar-refractivity contribution in [3.8, 4) is 11.1 Å². The largest absolute Gasteiger partial charge is 0.381 e. The number of hydrogen-bond acceptors (Lipinski definition) is 4. The highest BCUT2D eigenvalue weighted by atomic mass is 32.2. The lowest BCUT2D eigenvalue weighted by molar-refractivity contribution is -0.148. The molecule has 1 amide bonds. The molecule has 180 valence electrons. The molecule has 0 saturated carbocycles. The van der Waals surface area contributed by atoms with Crippen molar-refractivity contribution >= 4 is 16.1 Å². The van der Waals surface area contributed by atoms with Crippen molar-refractivity contribution in [2.75, 3.05) is 20.6 Å². The highest BCUT2D eigenvalue weighted by Gasteiger charge is 2.43. The molecule has 0 bridgehead atoms. The third kappa shape index (κ3) is 5.57. The summed E-state index contributed by atoms with van der Waals surface area (Å²) >= 11 is 0. The van der Waals surface area contributed by atoms with E-state index in [1.165, 1.54) is 57.1 Å². The zero-order valence-corrected chi connectivity index (χ0v) is 19.9. The van der Waals surface area contributed by atoms with E-state index in [-0.39, 0.29) is 24.1 Å². The fourth-order valence-corrected chi connectivity index (χ4v) is 4.85. The number of carbonyl (C=O) groups is 1. The molecule has 1 heterocycles. The molecule has 2 N–H and O–H groups in total. The molecule has 0 unspecified atom stereocenters. The number of carbonyl (C=O) groups excluding carboxylic acids is 1. The SMILES string of the molecule is CN(C)S(=O)(=O)N[C@H]1CCN(C(=O)C(C)(C)O)[C@H]1Cc1cccc(-c2cccc(F)c2)c1F. The third-order valence-electron chi connectivity index (χ3n) is 5.75. The lowest BCUT2D eigenvalue weighted by Gasteiger charge is -2.33. The molecular formula is C23H29F2N3O4S. The fourth-order valence-electron chi connectivity index (χ4n) is 3.99. The minimum absolute atomic E-state index is 0.0113. The van der Waals surface area contributed by atoms with Crippen molar-refractivity contribution in [3.05, 3.63) is 59.7 Å². The first-order valence-electron chi connectivity index (χ1n) is 10.6. The van der Waals surface area contributed by atoms with Crippen LogP contribution in [0.5, 0.6) is 0 Å². The number of rotatable bonds is 7. The van der Waals surface area contributed by atoms with E-state index in [0.717, 1.165) is 4.31 Å². The van der Waals surface area contributed by atoms with E-state index < -0.39 is 45.4 Å². The number of hydrogen-bond donors (Lipinski definition) is 2. The van der Waals surface area contributed by atoms with Crippen LogP contribution in [0.25, 0.3) is 11.1 Å². The smallest absolute Gasteiger partial charge is 0.279 e. The van der Waals surface area contributed by atoms with Crippen LogP contribution in [-0.2, 0) is 21.4 Å². The molecule has 0 radical (unpaired) electrons. The second-order valence-electron chi connectivity index (χ2n) is 8.92. The first-order valence-corrected chi connectivity index (χ1v) is 12.0. The van der Waals surface area contributed by atoms with Gasteiger partial charge in [-0.05, 0) is 49.9 Å². The molecule has 7 nitrogen and oxygen atoms in total. The van der Waals surface area contributed by atoms with Crippen LogP contribution in [0.15, 0.2) is 42.5 Å². The molecule has 1 aliphatic heterocycles. The van der Waals surface area contributed by atoms with E-state index in [1.807, 2.05) is 0 Å². The van der Waals surface area contributed by atoms with Crippen LogP contribution in [0.3, 0.4) is 0 Å². The molecule has 3 rings (SSSR count). The van der Waals surface area contributed by atoms with Crippen molar-refractivity contribution in [1.82, 2.24) is 13.9 Å². The van der Waals surface area contributed by atoms with Gasteiger partial charge >= 0.3 is 0 Å². The lowest BCUT2D eigenvalue weighted by atomic mass is 9.95. The summed E-state index contributed by atoms with van der Waals surface area (Å²) in [5.74, 6) is -1.63. The third-order valence-corrected chi connectivity index (χ3v) is 7.32. The molecule has 2 aromatic carbocycles. The Morgan fingerprint density at radius 2 is 1.88 bits per heavy atom. The highest BCUT2D eigenvalue weighted by molar-refractivity contribution is 7.87. The Kier molecular flexibility index (Phi) is 7.23. The Balaban J connectivity index is 1.98. The predicted octanol–water partition coefficient (Wildman–Crippen LogP) is 2.31. The van der Waals surface area contributed by atoms with Crippen LogP contribution in [0.4, 0.5) is 8.78 Å². The second kappa shape index (κ2) is 9.46. The van der Waals surface area contributed by atoms with Gasteiger partial charge in [0, 0.05) is 32.2 Å². The van der Waals surface area contributed by atoms with Crippen LogP contribution in [0.2, 0.25) is 0 Å². The molecule has 1 aliphatic rings. The summed E-state index contributed by atoms with van der Waals surface area (Å²) in [5, 5.41) is 10.3. The maximum atomic E-state index is 15.5. The summed E-state index contributed by atoms with van der Waals surface area (Å²) in [7, 11) is -1.04. The predicted molar refractivity (Wildman–Crippen MR) is 121 cm³/mol. The van der Waals surface area contributed by atoms with Gasteiger partial charge < -0.3 is 10.0 Å². The molecule has 2 atom stereocenters. The number of nitrogens with one attached hydrogen (secondary N) is 1. The molecule has 2 aromatic rings. The van der Waals surface area contributed by atoms with E-state index in [9.17, 15) is 22.7 Å². The van der Waals surface area contributed by atoms with Gasteiger partial charge in [0.05, 0.1) is 6.04 Å². The van der Waals surface area contributed by atoms with Gasteiger partial charge in [-0.3, -0.25) is 4.79 Å². The summed E-state index contributed by atoms with van der Waals surface area (Å²) in [6.45, 7) is 2.92. The molecule has 33 heavy (non-hydrogen) atoms. The normalized spacial score (nSPS) is 19.3. The average Bonchev–Trinajstić information content (AvgIpc) is 3.09. The molecule has 1 saturated heterocycles. The topological polar surface area (TPSA) is 90.0 Å². The van der Waals surface area contributed by atoms with E-state index >= 15 is 4.39 Å². The number of aliphatic hydroxyl groups is 1. The van der Waals surface area contributed by atoms with Gasteiger partial charge in [0.25, 0.3) is 16.1 Å². The Hall–Kier alpha value is -2.40. The van der Waals surface area contributed by atoms with Crippen molar-refractivity contribution < 1.29 is 27.1 Å². The number of benzene rings is 2. The Labute approximate surface area is 193 Å². The minimum atomic E-state index is -3.81. The highest BCUT2D eigenvalue weighted by Crippen LogP contribution is 2.30. The summed E-state index contributed by atoms with van der Waals surface area (Å²) in [6.07, 6.45) is 0.322. The van der Waals surface area contributed by atoms with Gasteiger partial charge in [0.1, 0.15) is 17.2 Å². The van der Waals surface area contributed by atoms with Crippen molar-refractivity contribution in [3.63, 3.8) is 0 Å². The van der Waals surface area contributed by atoms with Gasteiger partial charge in [-0.25, -0.2) is 8.78 Å². The van der Waals surface area contributed by atoms with Gasteiger partial charge in [0.2, 0.25) is 0 Å². The van der Waals surface area contributed by atoms with Gasteiger partial charge in [-0.15, -0.1) is 0 Å². The molecule has 1 fully saturated rings. The van der Waals surface area contributed by atoms with Crippen LogP contribution in [0, 0.1) is 11.6 Å². The van der Waals surface area contributed by atoms with Gasteiger partial charge in [-0.1, -0.05) is 30.3 Å². The second-order valence-corrected chi connectivity index (χ2v) is 10.8. The van der Waals surface area contributed by atoms with Gasteiger partial charge in [0.15, 0.2) is 0 Å². The van der Waals surface area contributed by atoms with Crippen LogP contribution in [0.1, 0.15) is 25.8 Å². The summed E-state index contributed by atoms with van der Waals surface area (Å²) in [5.41, 5.74) is -0.840. The molecule has 0 aromatic heterocycles. The summed E-state index contributed by atoms with van der Waals surface area (Å²) < 4.78 is 57.7. The molecule has 10 heteroatoms. The summed E-state index contributed by atoms with van der Waals surface area (Å²) in [4.78, 5) is 14.3. The Bertz CT molecular complexity index is 1130. The fraction of sp³-hybridized carbons (Fsp3) is 0.435. The Morgan fingerprint density at radius 3 is 2.48 bits per heavy atom. The maximum Gasteiger partial charge on any atom is 0.279 e. The monoisotopic (exact) mass is 481 g/mol. The number of likely N-dealkylation sites (tertiary alicyclic amines) is 1. The lowest BCUT2D eigenvalue weighted by Crippen LogP contribution is -2.53. The zero-order valence-electron chi connectivity index (χ0n) is 19.0. The van der Waals surface area contributed by atoms with E-state index in [1.54, 1.807) is 18.2 Å². The molecular weight excluding hydrogens is 452 g/mol. The maximum absolute atomic E-state index is 15.5. The first-order chi connectivity index (χ1) is 15.3. The van der Waals surface area contributed by atoms with Crippen molar-refractivity contribution in [2.45, 2.75) is 44.4 Å². The van der Waals surface area contributed by atoms with Crippen molar-refractivity contribution in [2.24, 2.45) is 0 Å². The Morgan fingerprint density at radius 1 is 1.21 bits per heavy atom. The van der Waals surface area contributed by atoms with E-state index in [2.05, 4.69) is 4.72 Å². The first kappa shape index (κ1) is 25.2. The van der Waals surface area contributed by atoms with Gasteiger partial charge in [-0.2, -0.15) is 17.4 Å². The minimum Gasteiger partial charge on any atom is -0.381 e. The van der Waals surface area contributed by atoms with Crippen LogP contribution in [-0.4, -0.2) is 67.0 Å². The number of amides is 1. The number of halogens is 2. The van der Waals surface area contributed by atoms with Crippen LogP contribution < -0.4 is 4.72 Å². The quantitative estimate of drug-likeness (QED) is 0.635. The molecule has 0 spiro atoms. The average molecular weight is 482 g/mol. The zero-order chi connectivity index (χ0) is 24.6. The van der Waals surface area contributed by atoms with Crippen LogP contribution >= 0.6 is 0 Å². The van der Waals surface area contributed by atoms with E-state index in [0.29, 0.717) is 12.0 Å². The number of nitrogens with zero attached hydrogens (tertiary/aromatic N) is 2. The van der Waals surface area contributed by atoms with Crippen molar-refractivity contribution in [1.29, 1.82) is 0 Å². The van der Waals surface area contributed by atoms with E-state index in [4.69, 9.17) is 0 Å². The molecule has 0 aliphatic carbocycles.